The normalized spacial score (nSPS) is 21.0. The van der Waals surface area contributed by atoms with Gasteiger partial charge >= 0.3 is 26.7 Å². The molecule has 2 N–H and O–H groups in total. The predicted molar refractivity (Wildman–Crippen MR) is 214 cm³/mol. The molecule has 4 heterocycles. The lowest BCUT2D eigenvalue weighted by molar-refractivity contribution is -0.380. The Morgan fingerprint density at radius 2 is 1.62 bits per heavy atom. The number of carbonyl (C=O) groups excluding carboxylic acids is 1. The molecule has 4 aliphatic rings. The van der Waals surface area contributed by atoms with Gasteiger partial charge in [-0.2, -0.15) is 0 Å². The van der Waals surface area contributed by atoms with Gasteiger partial charge in [-0.15, -0.1) is 0 Å². The highest BCUT2D eigenvalue weighted by molar-refractivity contribution is 7.17. The molecule has 4 atom stereocenters. The van der Waals surface area contributed by atoms with E-state index in [4.69, 9.17) is 28.2 Å². The Labute approximate surface area is 347 Å². The van der Waals surface area contributed by atoms with Crippen LogP contribution >= 0.6 is 8.69 Å². The van der Waals surface area contributed by atoms with Crippen molar-refractivity contribution in [2.45, 2.75) is 62.2 Å². The number of amides is 1. The summed E-state index contributed by atoms with van der Waals surface area (Å²) in [4.78, 5) is 41.1. The highest BCUT2D eigenvalue weighted by Gasteiger charge is 2.55. The average Bonchev–Trinajstić information content (AvgIpc) is 3.94. The monoisotopic (exact) mass is 858 g/mol. The Kier molecular flexibility index (Phi) is 10.7. The number of ether oxygens (including phenoxy) is 5. The maximum atomic E-state index is 15.9. The number of benzene rings is 4. The van der Waals surface area contributed by atoms with Crippen molar-refractivity contribution in [3.05, 3.63) is 130 Å². The number of carbonyl (C=O) groups is 2. The number of aliphatic hydroxyl groups is 1. The summed E-state index contributed by atoms with van der Waals surface area (Å²) >= 11 is 0. The summed E-state index contributed by atoms with van der Waals surface area (Å²) in [5.74, 6) is -5.35. The molecule has 3 fully saturated rings. The van der Waals surface area contributed by atoms with Gasteiger partial charge in [0.1, 0.15) is 30.1 Å². The first-order chi connectivity index (χ1) is 29.5. The largest absolute Gasteiger partial charge is 0.499 e. The molecule has 0 spiro atoms. The van der Waals surface area contributed by atoms with E-state index in [-0.39, 0.29) is 79.1 Å². The van der Waals surface area contributed by atoms with Crippen molar-refractivity contribution in [2.24, 2.45) is 0 Å². The fourth-order valence-electron chi connectivity index (χ4n) is 8.17. The molecule has 1 amide bonds. The molecule has 5 aromatic rings. The van der Waals surface area contributed by atoms with Crippen molar-refractivity contribution in [1.29, 1.82) is 0 Å². The minimum absolute atomic E-state index is 0.0273. The van der Waals surface area contributed by atoms with E-state index >= 15 is 8.78 Å². The lowest BCUT2D eigenvalue weighted by atomic mass is 10.0. The van der Waals surface area contributed by atoms with Crippen LogP contribution in [0, 0.1) is 11.6 Å². The molecular formula is C43H39F2N3O12P+. The van der Waals surface area contributed by atoms with Crippen LogP contribution in [0.3, 0.4) is 0 Å². The van der Waals surface area contributed by atoms with Gasteiger partial charge in [0, 0.05) is 24.7 Å². The van der Waals surface area contributed by atoms with E-state index in [0.717, 1.165) is 41.0 Å². The number of aromatic carboxylic acids is 1. The number of pyridine rings is 1. The van der Waals surface area contributed by atoms with Gasteiger partial charge in [0.25, 0.3) is 0 Å². The third kappa shape index (κ3) is 7.79. The second-order valence-electron chi connectivity index (χ2n) is 15.5. The number of hydrogen-bond donors (Lipinski definition) is 2. The number of carboxylic acid groups (broad SMARTS) is 1. The van der Waals surface area contributed by atoms with Crippen LogP contribution < -0.4 is 24.7 Å². The van der Waals surface area contributed by atoms with Crippen LogP contribution in [0.5, 0.6) is 11.5 Å². The van der Waals surface area contributed by atoms with Crippen LogP contribution in [-0.4, -0.2) is 76.9 Å². The average molecular weight is 859 g/mol. The summed E-state index contributed by atoms with van der Waals surface area (Å²) in [5.41, 5.74) is -0.995. The van der Waals surface area contributed by atoms with Crippen LogP contribution in [0.1, 0.15) is 46.8 Å². The number of aromatic nitrogens is 1. The molecule has 0 bridgehead atoms. The standard InChI is InChI=1S/C43H38F2N3O12P/c44-32-15-28(47-19-35(59-41(47)52)43(60-61-54,57-20-25-7-3-1-4-8-25)58-21-26-9-5-2-6-10-26)13-14-34(32)56-24-42(53)17-29-22-55-39-36-30(16-33(45)37(39)48(29)23-42)38(49)31(40(50)51)18-46(36)27-11-12-27/h1-10,13-16,18,27,29,35,53,61H,11-12,17,19-24H2/p+1/t29-,35?,42-/m0/s1. The number of fused-ring (bicyclic) bond motifs is 5. The molecule has 18 heteroatoms. The van der Waals surface area contributed by atoms with Gasteiger partial charge in [-0.05, 0) is 46.7 Å². The zero-order valence-electron chi connectivity index (χ0n) is 32.3. The van der Waals surface area contributed by atoms with Gasteiger partial charge in [0.05, 0.1) is 48.9 Å². The fourth-order valence-corrected chi connectivity index (χ4v) is 8.53. The minimum atomic E-state index is -2.12. The number of cyclic esters (lactones) is 1. The Hall–Kier alpha value is -5.97. The van der Waals surface area contributed by atoms with Gasteiger partial charge in [-0.25, -0.2) is 18.4 Å². The van der Waals surface area contributed by atoms with Crippen molar-refractivity contribution in [2.75, 3.05) is 36.1 Å². The first kappa shape index (κ1) is 40.4. The quantitative estimate of drug-likeness (QED) is 0.0868. The highest BCUT2D eigenvalue weighted by atomic mass is 31.1. The third-order valence-corrected chi connectivity index (χ3v) is 11.6. The SMILES string of the molecule is O=[PH+]OC(OCc1ccccc1)(OCc1ccccc1)C1CN(c2ccc(OC[C@]3(O)C[C@H]4COc5c(c(F)cc6c(=O)c(C(=O)O)cn(C7CC7)c56)N4C3)c(F)c2)C(=O)O1. The first-order valence-corrected chi connectivity index (χ1v) is 20.4. The summed E-state index contributed by atoms with van der Waals surface area (Å²) in [6.07, 6.45) is 0.701. The molecule has 1 saturated carbocycles. The van der Waals surface area contributed by atoms with Crippen LogP contribution in [0.2, 0.25) is 0 Å². The van der Waals surface area contributed by atoms with E-state index in [9.17, 15) is 29.2 Å². The number of carboxylic acids is 1. The summed E-state index contributed by atoms with van der Waals surface area (Å²) in [7, 11) is -1.36. The summed E-state index contributed by atoms with van der Waals surface area (Å²) in [6, 6.07) is 22.4. The van der Waals surface area contributed by atoms with E-state index < -0.39 is 73.7 Å². The lowest BCUT2D eigenvalue weighted by Gasteiger charge is -2.34. The van der Waals surface area contributed by atoms with Gasteiger partial charge in [0.15, 0.2) is 23.1 Å². The topological polar surface area (TPSA) is 176 Å². The minimum Gasteiger partial charge on any atom is -0.487 e. The second kappa shape index (κ2) is 16.1. The van der Waals surface area contributed by atoms with E-state index in [1.54, 1.807) is 33.7 Å². The number of anilines is 2. The molecule has 2 unspecified atom stereocenters. The zero-order chi connectivity index (χ0) is 42.5. The van der Waals surface area contributed by atoms with Crippen LogP contribution in [-0.2, 0) is 36.5 Å². The van der Waals surface area contributed by atoms with E-state index in [2.05, 4.69) is 0 Å². The zero-order valence-corrected chi connectivity index (χ0v) is 33.3. The molecule has 9 rings (SSSR count). The maximum Gasteiger partial charge on any atom is 0.499 e. The van der Waals surface area contributed by atoms with Crippen LogP contribution in [0.25, 0.3) is 10.9 Å². The van der Waals surface area contributed by atoms with Gasteiger partial charge < -0.3 is 43.4 Å². The number of halogens is 2. The van der Waals surface area contributed by atoms with Gasteiger partial charge in [0.2, 0.25) is 11.5 Å². The van der Waals surface area contributed by atoms with Crippen molar-refractivity contribution in [1.82, 2.24) is 4.57 Å². The van der Waals surface area contributed by atoms with E-state index in [1.165, 1.54) is 18.3 Å². The maximum absolute atomic E-state index is 15.9. The van der Waals surface area contributed by atoms with Crippen LogP contribution in [0.15, 0.2) is 95.9 Å². The molecule has 15 nitrogen and oxygen atoms in total. The summed E-state index contributed by atoms with van der Waals surface area (Å²) in [6.45, 7) is -0.830. The van der Waals surface area contributed by atoms with Crippen molar-refractivity contribution in [3.63, 3.8) is 0 Å². The van der Waals surface area contributed by atoms with Crippen LogP contribution in [0.4, 0.5) is 25.0 Å². The van der Waals surface area contributed by atoms with E-state index in [1.807, 2.05) is 36.4 Å². The summed E-state index contributed by atoms with van der Waals surface area (Å²) in [5, 5.41) is 21.3. The van der Waals surface area contributed by atoms with Crippen molar-refractivity contribution < 1.29 is 61.4 Å². The molecule has 4 aromatic carbocycles. The van der Waals surface area contributed by atoms with Gasteiger partial charge in [-0.1, -0.05) is 65.2 Å². The summed E-state index contributed by atoms with van der Waals surface area (Å²) < 4.78 is 80.8. The third-order valence-electron chi connectivity index (χ3n) is 11.3. The smallest absolute Gasteiger partial charge is 0.487 e. The predicted octanol–water partition coefficient (Wildman–Crippen LogP) is 6.46. The Balaban J connectivity index is 0.911. The highest BCUT2D eigenvalue weighted by Crippen LogP contribution is 2.48. The lowest BCUT2D eigenvalue weighted by Crippen LogP contribution is -2.50. The Morgan fingerprint density at radius 1 is 0.934 bits per heavy atom. The van der Waals surface area contributed by atoms with E-state index in [0.29, 0.717) is 0 Å². The molecule has 3 aliphatic heterocycles. The Morgan fingerprint density at radius 3 is 2.25 bits per heavy atom. The van der Waals surface area contributed by atoms with Gasteiger partial charge in [-0.3, -0.25) is 9.69 Å². The molecule has 61 heavy (non-hydrogen) atoms. The number of nitrogens with zero attached hydrogens (tertiary/aromatic N) is 3. The first-order valence-electron chi connectivity index (χ1n) is 19.5. The number of rotatable bonds is 15. The second-order valence-corrected chi connectivity index (χ2v) is 15.9. The Bertz CT molecular complexity index is 2540. The van der Waals surface area contributed by atoms with Crippen molar-refractivity contribution in [3.8, 4) is 11.5 Å². The molecule has 0 radical (unpaired) electrons. The number of hydrogen-bond acceptors (Lipinski definition) is 12. The molecule has 1 aromatic heterocycles. The molecular weight excluding hydrogens is 819 g/mol. The molecule has 2 saturated heterocycles. The molecule has 316 valence electrons. The van der Waals surface area contributed by atoms with Crippen molar-refractivity contribution >= 4 is 43.0 Å². The molecule has 1 aliphatic carbocycles. The fraction of sp³-hybridized carbons (Fsp3) is 0.326.